The van der Waals surface area contributed by atoms with Crippen molar-refractivity contribution in [2.45, 2.75) is 30.7 Å². The number of hydrogen-bond acceptors (Lipinski definition) is 2. The van der Waals surface area contributed by atoms with Crippen molar-refractivity contribution in [1.29, 1.82) is 0 Å². The molecule has 1 aliphatic rings. The summed E-state index contributed by atoms with van der Waals surface area (Å²) in [4.78, 5) is 25.4. The lowest BCUT2D eigenvalue weighted by molar-refractivity contribution is -0.141. The van der Waals surface area contributed by atoms with Gasteiger partial charge in [0.05, 0.1) is 0 Å². The van der Waals surface area contributed by atoms with Crippen LogP contribution in [-0.4, -0.2) is 16.9 Å². The molecule has 1 amide bonds. The number of rotatable bonds is 3. The van der Waals surface area contributed by atoms with Crippen LogP contribution >= 0.6 is 11.6 Å². The lowest BCUT2D eigenvalue weighted by Crippen LogP contribution is -2.51. The van der Waals surface area contributed by atoms with Gasteiger partial charge >= 0.3 is 6.18 Å². The summed E-state index contributed by atoms with van der Waals surface area (Å²) in [7, 11) is 0. The fraction of sp³-hybridized carbons (Fsp3) is 0.294. The van der Waals surface area contributed by atoms with E-state index in [4.69, 9.17) is 11.6 Å². The van der Waals surface area contributed by atoms with Gasteiger partial charge < -0.3 is 10.3 Å². The Hall–Kier alpha value is -2.35. The number of benzene rings is 1. The molecule has 0 atom stereocenters. The highest BCUT2D eigenvalue weighted by atomic mass is 35.5. The molecule has 1 aliphatic carbocycles. The fourth-order valence-electron chi connectivity index (χ4n) is 2.91. The van der Waals surface area contributed by atoms with Crippen LogP contribution in [0.15, 0.2) is 41.2 Å². The Morgan fingerprint density at radius 2 is 1.92 bits per heavy atom. The van der Waals surface area contributed by atoms with E-state index in [1.54, 1.807) is 23.2 Å². The van der Waals surface area contributed by atoms with E-state index in [0.29, 0.717) is 16.7 Å². The zero-order valence-corrected chi connectivity index (χ0v) is 13.9. The predicted octanol–water partition coefficient (Wildman–Crippen LogP) is 3.80. The maximum absolute atomic E-state index is 14.8. The molecule has 4 nitrogen and oxygen atoms in total. The number of amides is 1. The molecule has 3 rings (SSSR count). The molecule has 0 bridgehead atoms. The number of nitrogens with one attached hydrogen (secondary N) is 2. The first-order valence-electron chi connectivity index (χ1n) is 7.65. The third-order valence-electron chi connectivity index (χ3n) is 4.28. The van der Waals surface area contributed by atoms with Crippen molar-refractivity contribution in [3.63, 3.8) is 0 Å². The number of carbonyl (C=O) groups excluding carboxylic acids is 1. The van der Waals surface area contributed by atoms with Gasteiger partial charge in [-0.25, -0.2) is 4.39 Å². The number of pyridine rings is 1. The summed E-state index contributed by atoms with van der Waals surface area (Å²) >= 11 is 5.84. The summed E-state index contributed by atoms with van der Waals surface area (Å²) in [6.07, 6.45) is -4.75. The average Bonchev–Trinajstić information content (AvgIpc) is 2.52. The highest BCUT2D eigenvalue weighted by Crippen LogP contribution is 2.45. The van der Waals surface area contributed by atoms with Gasteiger partial charge in [0, 0.05) is 23.9 Å². The van der Waals surface area contributed by atoms with E-state index >= 15 is 0 Å². The Balaban J connectivity index is 1.66. The second-order valence-electron chi connectivity index (χ2n) is 6.17. The molecule has 2 N–H and O–H groups in total. The van der Waals surface area contributed by atoms with Gasteiger partial charge in [-0.15, -0.1) is 0 Å². The van der Waals surface area contributed by atoms with Gasteiger partial charge in [-0.1, -0.05) is 23.7 Å². The molecule has 0 radical (unpaired) electrons. The number of carbonyl (C=O) groups is 1. The second-order valence-corrected chi connectivity index (χ2v) is 6.60. The maximum atomic E-state index is 14.8. The number of hydrogen-bond donors (Lipinski definition) is 2. The number of aromatic amines is 1. The van der Waals surface area contributed by atoms with Crippen LogP contribution in [0.3, 0.4) is 0 Å². The highest BCUT2D eigenvalue weighted by Gasteiger charge is 2.47. The standard InChI is InChI=1S/C17H13ClF4N2O2/c18-10-3-1-2-9(6-10)16(19)7-11(8-16)23-14(25)12-4-5-13(17(20,21)22)24-15(12)26/h1-6,11H,7-8H2,(H,23,25)(H,24,26). The van der Waals surface area contributed by atoms with E-state index in [2.05, 4.69) is 5.32 Å². The topological polar surface area (TPSA) is 62.0 Å². The van der Waals surface area contributed by atoms with Gasteiger partial charge in [-0.05, 0) is 29.8 Å². The number of aromatic nitrogens is 1. The summed E-state index contributed by atoms with van der Waals surface area (Å²) < 4.78 is 52.4. The van der Waals surface area contributed by atoms with Crippen molar-refractivity contribution in [2.75, 3.05) is 0 Å². The summed E-state index contributed by atoms with van der Waals surface area (Å²) in [5, 5.41) is 2.85. The second kappa shape index (κ2) is 6.42. The molecular weight excluding hydrogens is 376 g/mol. The first-order chi connectivity index (χ1) is 12.1. The minimum absolute atomic E-state index is 0.0162. The van der Waals surface area contributed by atoms with Gasteiger partial charge in [-0.3, -0.25) is 9.59 Å². The van der Waals surface area contributed by atoms with Crippen LogP contribution in [0, 0.1) is 0 Å². The molecule has 138 valence electrons. The summed E-state index contributed by atoms with van der Waals surface area (Å²) in [5.41, 5.74) is -4.11. The van der Waals surface area contributed by atoms with E-state index in [-0.39, 0.29) is 12.8 Å². The van der Waals surface area contributed by atoms with Crippen molar-refractivity contribution in [1.82, 2.24) is 10.3 Å². The number of halogens is 5. The molecule has 1 aromatic heterocycles. The minimum atomic E-state index is -4.72. The van der Waals surface area contributed by atoms with Crippen molar-refractivity contribution >= 4 is 17.5 Å². The van der Waals surface area contributed by atoms with Crippen molar-refractivity contribution < 1.29 is 22.4 Å². The lowest BCUT2D eigenvalue weighted by atomic mass is 9.73. The lowest BCUT2D eigenvalue weighted by Gasteiger charge is -2.42. The van der Waals surface area contributed by atoms with E-state index in [0.717, 1.165) is 6.07 Å². The molecule has 0 spiro atoms. The zero-order valence-electron chi connectivity index (χ0n) is 13.2. The molecule has 0 unspecified atom stereocenters. The summed E-state index contributed by atoms with van der Waals surface area (Å²) in [5.74, 6) is -0.849. The molecular formula is C17H13ClF4N2O2. The third-order valence-corrected chi connectivity index (χ3v) is 4.51. The van der Waals surface area contributed by atoms with Crippen LogP contribution in [0.2, 0.25) is 5.02 Å². The molecule has 1 fully saturated rings. The van der Waals surface area contributed by atoms with Gasteiger partial charge in [0.15, 0.2) is 0 Å². The van der Waals surface area contributed by atoms with Crippen LogP contribution in [0.5, 0.6) is 0 Å². The largest absolute Gasteiger partial charge is 0.431 e. The molecule has 0 saturated heterocycles. The molecule has 9 heteroatoms. The molecule has 0 aliphatic heterocycles. The van der Waals surface area contributed by atoms with Crippen LogP contribution in [0.4, 0.5) is 17.6 Å². The minimum Gasteiger partial charge on any atom is -0.349 e. The highest BCUT2D eigenvalue weighted by molar-refractivity contribution is 6.30. The van der Waals surface area contributed by atoms with Crippen LogP contribution in [-0.2, 0) is 11.8 Å². The van der Waals surface area contributed by atoms with Crippen molar-refractivity contribution in [3.8, 4) is 0 Å². The molecule has 1 heterocycles. The Morgan fingerprint density at radius 1 is 1.23 bits per heavy atom. The Labute approximate surface area is 150 Å². The van der Waals surface area contributed by atoms with E-state index in [1.807, 2.05) is 0 Å². The smallest absolute Gasteiger partial charge is 0.349 e. The first kappa shape index (κ1) is 18.4. The van der Waals surface area contributed by atoms with Gasteiger partial charge in [0.2, 0.25) is 0 Å². The molecule has 1 saturated carbocycles. The van der Waals surface area contributed by atoms with Gasteiger partial charge in [0.25, 0.3) is 11.5 Å². The van der Waals surface area contributed by atoms with Crippen molar-refractivity contribution in [3.05, 3.63) is 68.6 Å². The van der Waals surface area contributed by atoms with Crippen LogP contribution in [0.1, 0.15) is 34.5 Å². The quantitative estimate of drug-likeness (QED) is 0.786. The summed E-state index contributed by atoms with van der Waals surface area (Å²) in [6.45, 7) is 0. The predicted molar refractivity (Wildman–Crippen MR) is 86.8 cm³/mol. The van der Waals surface area contributed by atoms with E-state index < -0.39 is 40.6 Å². The van der Waals surface area contributed by atoms with Crippen molar-refractivity contribution in [2.24, 2.45) is 0 Å². The van der Waals surface area contributed by atoms with Crippen LogP contribution in [0.25, 0.3) is 0 Å². The third kappa shape index (κ3) is 3.60. The van der Waals surface area contributed by atoms with Crippen LogP contribution < -0.4 is 10.9 Å². The number of H-pyrrole nitrogens is 1. The monoisotopic (exact) mass is 388 g/mol. The normalized spacial score (nSPS) is 22.6. The first-order valence-corrected chi connectivity index (χ1v) is 8.03. The summed E-state index contributed by atoms with van der Waals surface area (Å²) in [6, 6.07) is 7.20. The molecule has 26 heavy (non-hydrogen) atoms. The Kier molecular flexibility index (Phi) is 4.56. The van der Waals surface area contributed by atoms with Gasteiger partial charge in [-0.2, -0.15) is 13.2 Å². The zero-order chi connectivity index (χ0) is 19.1. The van der Waals surface area contributed by atoms with E-state index in [1.165, 1.54) is 6.07 Å². The fourth-order valence-corrected chi connectivity index (χ4v) is 3.10. The van der Waals surface area contributed by atoms with Gasteiger partial charge in [0.1, 0.15) is 16.9 Å². The molecule has 1 aromatic carbocycles. The SMILES string of the molecule is O=C(NC1CC(F)(c2cccc(Cl)c2)C1)c1ccc(C(F)(F)F)[nH]c1=O. The van der Waals surface area contributed by atoms with E-state index in [9.17, 15) is 27.2 Å². The Morgan fingerprint density at radius 3 is 2.50 bits per heavy atom. The Bertz CT molecular complexity index is 904. The average molecular weight is 389 g/mol. The molecule has 2 aromatic rings. The maximum Gasteiger partial charge on any atom is 0.431 e. The number of alkyl halides is 4.